The summed E-state index contributed by atoms with van der Waals surface area (Å²) >= 11 is 0. The molecule has 0 unspecified atom stereocenters. The van der Waals surface area contributed by atoms with Gasteiger partial charge in [-0.1, -0.05) is 90.9 Å². The van der Waals surface area contributed by atoms with Crippen molar-refractivity contribution in [2.45, 2.75) is 111 Å². The average Bonchev–Trinajstić information content (AvgIpc) is 2.43. The monoisotopic (exact) mass is 282 g/mol. The van der Waals surface area contributed by atoms with Crippen LogP contribution in [0.4, 0.5) is 0 Å². The number of hydrogen-bond acceptors (Lipinski definition) is 1. The van der Waals surface area contributed by atoms with Gasteiger partial charge in [0, 0.05) is 5.92 Å². The molecule has 1 heteroatoms. The number of unbranched alkanes of at least 4 members (excludes halogenated alkanes) is 10. The van der Waals surface area contributed by atoms with Gasteiger partial charge in [-0.2, -0.15) is 0 Å². The third-order valence-corrected chi connectivity index (χ3v) is 4.39. The van der Waals surface area contributed by atoms with Crippen molar-refractivity contribution in [2.75, 3.05) is 0 Å². The SMILES string of the molecule is CCCCCCCCC(CCCCCCCC)C(C)=O. The Kier molecular flexibility index (Phi) is 14.8. The van der Waals surface area contributed by atoms with Crippen molar-refractivity contribution in [3.05, 3.63) is 0 Å². The van der Waals surface area contributed by atoms with Crippen LogP contribution in [0.3, 0.4) is 0 Å². The number of carbonyl (C=O) groups is 1. The number of hydrogen-bond donors (Lipinski definition) is 0. The molecule has 1 nitrogen and oxygen atoms in total. The highest BCUT2D eigenvalue weighted by molar-refractivity contribution is 5.78. The van der Waals surface area contributed by atoms with Crippen LogP contribution >= 0.6 is 0 Å². The number of rotatable bonds is 15. The third kappa shape index (κ3) is 12.7. The second-order valence-corrected chi connectivity index (χ2v) is 6.42. The van der Waals surface area contributed by atoms with Crippen molar-refractivity contribution in [3.63, 3.8) is 0 Å². The molecular weight excluding hydrogens is 244 g/mol. The zero-order chi connectivity index (χ0) is 15.1. The molecule has 0 saturated heterocycles. The molecule has 0 bridgehead atoms. The van der Waals surface area contributed by atoms with Crippen LogP contribution in [0.5, 0.6) is 0 Å². The van der Waals surface area contributed by atoms with Crippen molar-refractivity contribution in [1.82, 2.24) is 0 Å². The Balaban J connectivity index is 3.53. The fourth-order valence-corrected chi connectivity index (χ4v) is 2.89. The summed E-state index contributed by atoms with van der Waals surface area (Å²) in [5.74, 6) is 0.777. The molecule has 0 aromatic heterocycles. The van der Waals surface area contributed by atoms with Gasteiger partial charge < -0.3 is 0 Å². The Bertz CT molecular complexity index is 194. The van der Waals surface area contributed by atoms with Gasteiger partial charge in [-0.25, -0.2) is 0 Å². The molecule has 0 spiro atoms. The van der Waals surface area contributed by atoms with E-state index in [1.807, 2.05) is 0 Å². The van der Waals surface area contributed by atoms with Crippen molar-refractivity contribution in [1.29, 1.82) is 0 Å². The average molecular weight is 283 g/mol. The Morgan fingerprint density at radius 3 is 1.35 bits per heavy atom. The van der Waals surface area contributed by atoms with E-state index < -0.39 is 0 Å². The Hall–Kier alpha value is -0.330. The predicted octanol–water partition coefficient (Wildman–Crippen LogP) is 6.69. The zero-order valence-corrected chi connectivity index (χ0v) is 14.4. The minimum Gasteiger partial charge on any atom is -0.300 e. The first-order valence-electron chi connectivity index (χ1n) is 9.22. The summed E-state index contributed by atoms with van der Waals surface area (Å²) in [7, 11) is 0. The molecule has 0 fully saturated rings. The molecule has 0 N–H and O–H groups in total. The van der Waals surface area contributed by atoms with Crippen LogP contribution in [0, 0.1) is 5.92 Å². The van der Waals surface area contributed by atoms with E-state index in [0.717, 1.165) is 12.8 Å². The first-order valence-corrected chi connectivity index (χ1v) is 9.22. The topological polar surface area (TPSA) is 17.1 Å². The van der Waals surface area contributed by atoms with E-state index in [1.165, 1.54) is 77.0 Å². The summed E-state index contributed by atoms with van der Waals surface area (Å²) in [5, 5.41) is 0. The molecule has 0 aliphatic rings. The second-order valence-electron chi connectivity index (χ2n) is 6.42. The first kappa shape index (κ1) is 19.7. The molecule has 0 aliphatic heterocycles. The fraction of sp³-hybridized carbons (Fsp3) is 0.947. The van der Waals surface area contributed by atoms with Gasteiger partial charge in [-0.3, -0.25) is 4.79 Å². The lowest BCUT2D eigenvalue weighted by Crippen LogP contribution is -2.10. The maximum Gasteiger partial charge on any atom is 0.132 e. The number of carbonyl (C=O) groups excluding carboxylic acids is 1. The fourth-order valence-electron chi connectivity index (χ4n) is 2.89. The Labute approximate surface area is 127 Å². The van der Waals surface area contributed by atoms with E-state index in [0.29, 0.717) is 11.7 Å². The van der Waals surface area contributed by atoms with E-state index in [2.05, 4.69) is 13.8 Å². The van der Waals surface area contributed by atoms with Crippen LogP contribution in [-0.2, 0) is 4.79 Å². The molecule has 0 atom stereocenters. The van der Waals surface area contributed by atoms with Gasteiger partial charge in [0.1, 0.15) is 5.78 Å². The van der Waals surface area contributed by atoms with E-state index in [4.69, 9.17) is 0 Å². The summed E-state index contributed by atoms with van der Waals surface area (Å²) in [6.45, 7) is 6.30. The highest BCUT2D eigenvalue weighted by Crippen LogP contribution is 2.20. The van der Waals surface area contributed by atoms with Gasteiger partial charge in [-0.15, -0.1) is 0 Å². The van der Waals surface area contributed by atoms with E-state index in [9.17, 15) is 4.79 Å². The number of Topliss-reactive ketones (excluding diaryl/α,β-unsaturated/α-hetero) is 1. The predicted molar refractivity (Wildman–Crippen MR) is 90.2 cm³/mol. The summed E-state index contributed by atoms with van der Waals surface area (Å²) in [6, 6.07) is 0. The van der Waals surface area contributed by atoms with Crippen LogP contribution in [0.25, 0.3) is 0 Å². The summed E-state index contributed by atoms with van der Waals surface area (Å²) in [5.41, 5.74) is 0. The molecule has 0 aromatic rings. The lowest BCUT2D eigenvalue weighted by molar-refractivity contribution is -0.121. The lowest BCUT2D eigenvalue weighted by Gasteiger charge is -2.13. The molecule has 0 rings (SSSR count). The second kappa shape index (κ2) is 15.1. The largest absolute Gasteiger partial charge is 0.300 e. The standard InChI is InChI=1S/C19H38O/c1-4-6-8-10-12-14-16-19(18(3)20)17-15-13-11-9-7-5-2/h19H,4-17H2,1-3H3. The summed E-state index contributed by atoms with van der Waals surface area (Å²) in [6.07, 6.45) is 18.2. The summed E-state index contributed by atoms with van der Waals surface area (Å²) < 4.78 is 0. The van der Waals surface area contributed by atoms with Crippen LogP contribution in [0.1, 0.15) is 111 Å². The highest BCUT2D eigenvalue weighted by atomic mass is 16.1. The molecule has 0 amide bonds. The Morgan fingerprint density at radius 2 is 1.00 bits per heavy atom. The lowest BCUT2D eigenvalue weighted by atomic mass is 9.91. The van der Waals surface area contributed by atoms with Crippen molar-refractivity contribution in [2.24, 2.45) is 5.92 Å². The molecule has 0 saturated carbocycles. The smallest absolute Gasteiger partial charge is 0.132 e. The maximum absolute atomic E-state index is 11.7. The van der Waals surface area contributed by atoms with Gasteiger partial charge >= 0.3 is 0 Å². The molecule has 20 heavy (non-hydrogen) atoms. The Morgan fingerprint density at radius 1 is 0.650 bits per heavy atom. The van der Waals surface area contributed by atoms with Crippen molar-refractivity contribution in [3.8, 4) is 0 Å². The third-order valence-electron chi connectivity index (χ3n) is 4.39. The molecule has 0 aromatic carbocycles. The molecule has 120 valence electrons. The minimum absolute atomic E-state index is 0.354. The van der Waals surface area contributed by atoms with Crippen LogP contribution < -0.4 is 0 Å². The molecule has 0 radical (unpaired) electrons. The van der Waals surface area contributed by atoms with E-state index >= 15 is 0 Å². The van der Waals surface area contributed by atoms with Crippen molar-refractivity contribution < 1.29 is 4.79 Å². The van der Waals surface area contributed by atoms with Gasteiger partial charge in [0.15, 0.2) is 0 Å². The van der Waals surface area contributed by atoms with E-state index in [1.54, 1.807) is 6.92 Å². The van der Waals surface area contributed by atoms with Crippen LogP contribution in [0.15, 0.2) is 0 Å². The highest BCUT2D eigenvalue weighted by Gasteiger charge is 2.13. The van der Waals surface area contributed by atoms with Gasteiger partial charge in [0.25, 0.3) is 0 Å². The molecule has 0 heterocycles. The van der Waals surface area contributed by atoms with Gasteiger partial charge in [0.05, 0.1) is 0 Å². The first-order chi connectivity index (χ1) is 9.72. The van der Waals surface area contributed by atoms with Crippen LogP contribution in [0.2, 0.25) is 0 Å². The minimum atomic E-state index is 0.354. The quantitative estimate of drug-likeness (QED) is 0.306. The van der Waals surface area contributed by atoms with Gasteiger partial charge in [0.2, 0.25) is 0 Å². The number of ketones is 1. The van der Waals surface area contributed by atoms with Crippen molar-refractivity contribution >= 4 is 5.78 Å². The molecule has 0 aliphatic carbocycles. The van der Waals surface area contributed by atoms with Crippen LogP contribution in [-0.4, -0.2) is 5.78 Å². The normalized spacial score (nSPS) is 11.2. The van der Waals surface area contributed by atoms with E-state index in [-0.39, 0.29) is 0 Å². The molecular formula is C19H38O. The zero-order valence-electron chi connectivity index (χ0n) is 14.4. The van der Waals surface area contributed by atoms with Gasteiger partial charge in [-0.05, 0) is 19.8 Å². The summed E-state index contributed by atoms with van der Waals surface area (Å²) in [4.78, 5) is 11.7. The maximum atomic E-state index is 11.7.